The fourth-order valence-electron chi connectivity index (χ4n) is 3.06. The van der Waals surface area contributed by atoms with Gasteiger partial charge in [-0.15, -0.1) is 0 Å². The second-order valence-electron chi connectivity index (χ2n) is 6.26. The zero-order chi connectivity index (χ0) is 18.0. The van der Waals surface area contributed by atoms with E-state index < -0.39 is 34.4 Å². The number of nitrogens with zero attached hydrogens (tertiary/aromatic N) is 1. The molecule has 2 heterocycles. The van der Waals surface area contributed by atoms with E-state index in [4.69, 9.17) is 4.74 Å². The molecule has 1 atom stereocenters. The maximum absolute atomic E-state index is 12.0. The molecule has 1 amide bonds. The molecular weight excluding hydrogens is 344 g/mol. The zero-order valence-electron chi connectivity index (χ0n) is 13.9. The molecule has 0 saturated carbocycles. The van der Waals surface area contributed by atoms with Crippen molar-refractivity contribution in [2.75, 3.05) is 18.1 Å². The molecule has 0 radical (unpaired) electrons. The van der Waals surface area contributed by atoms with Crippen molar-refractivity contribution in [1.29, 1.82) is 0 Å². The number of hydrogen-bond donors (Lipinski definition) is 1. The second kappa shape index (κ2) is 6.87. The zero-order valence-corrected chi connectivity index (χ0v) is 14.7. The van der Waals surface area contributed by atoms with Crippen molar-refractivity contribution in [3.05, 3.63) is 36.0 Å². The number of carbonyl (C=O) groups excluding carboxylic acids is 2. The van der Waals surface area contributed by atoms with Crippen LogP contribution in [0, 0.1) is 6.92 Å². The van der Waals surface area contributed by atoms with Gasteiger partial charge in [-0.1, -0.05) is 18.2 Å². The number of nitrogens with one attached hydrogen (secondary N) is 1. The Balaban J connectivity index is 1.52. The van der Waals surface area contributed by atoms with Crippen LogP contribution in [0.25, 0.3) is 10.9 Å². The van der Waals surface area contributed by atoms with Gasteiger partial charge in [-0.25, -0.2) is 8.42 Å². The van der Waals surface area contributed by atoms with Crippen LogP contribution in [-0.4, -0.2) is 49.0 Å². The molecule has 1 N–H and O–H groups in total. The molecule has 7 nitrogen and oxygen atoms in total. The van der Waals surface area contributed by atoms with Crippen molar-refractivity contribution in [1.82, 2.24) is 9.88 Å². The largest absolute Gasteiger partial charge is 0.454 e. The molecule has 25 heavy (non-hydrogen) atoms. The standard InChI is InChI=1S/C17H20N2O5S/c1-12-8-13-4-2-3-5-15(13)19(12)9-17(21)24-10-16(20)18-14-6-7-25(22,23)11-14/h2-5,8,14H,6-7,9-11H2,1H3,(H,18,20)/t14-/m1/s1. The number of fused-ring (bicyclic) bond motifs is 1. The van der Waals surface area contributed by atoms with E-state index >= 15 is 0 Å². The lowest BCUT2D eigenvalue weighted by Crippen LogP contribution is -2.38. The fourth-order valence-corrected chi connectivity index (χ4v) is 4.73. The first kappa shape index (κ1) is 17.5. The summed E-state index contributed by atoms with van der Waals surface area (Å²) in [7, 11) is -3.06. The smallest absolute Gasteiger partial charge is 0.326 e. The van der Waals surface area contributed by atoms with Crippen LogP contribution >= 0.6 is 0 Å². The molecule has 1 fully saturated rings. The highest BCUT2D eigenvalue weighted by molar-refractivity contribution is 7.91. The molecule has 8 heteroatoms. The second-order valence-corrected chi connectivity index (χ2v) is 8.49. The minimum absolute atomic E-state index is 0.0183. The molecule has 134 valence electrons. The average Bonchev–Trinajstić information content (AvgIpc) is 3.05. The van der Waals surface area contributed by atoms with Gasteiger partial charge in [-0.3, -0.25) is 9.59 Å². The normalized spacial score (nSPS) is 19.0. The Morgan fingerprint density at radius 1 is 1.32 bits per heavy atom. The third kappa shape index (κ3) is 4.19. The number of ether oxygens (including phenoxy) is 1. The summed E-state index contributed by atoms with van der Waals surface area (Å²) in [5.41, 5.74) is 1.86. The third-order valence-electron chi connectivity index (χ3n) is 4.27. The molecule has 1 aromatic heterocycles. The van der Waals surface area contributed by atoms with Gasteiger partial charge in [0.2, 0.25) is 0 Å². The number of hydrogen-bond acceptors (Lipinski definition) is 5. The van der Waals surface area contributed by atoms with Crippen LogP contribution in [0.2, 0.25) is 0 Å². The summed E-state index contributed by atoms with van der Waals surface area (Å²) < 4.78 is 29.6. The number of sulfone groups is 1. The lowest BCUT2D eigenvalue weighted by Gasteiger charge is -2.12. The summed E-state index contributed by atoms with van der Waals surface area (Å²) in [6.07, 6.45) is 0.399. The number of aryl methyl sites for hydroxylation is 1. The maximum atomic E-state index is 12.0. The lowest BCUT2D eigenvalue weighted by molar-refractivity contribution is -0.149. The van der Waals surface area contributed by atoms with E-state index in [-0.39, 0.29) is 18.1 Å². The van der Waals surface area contributed by atoms with Crippen molar-refractivity contribution in [2.45, 2.75) is 25.9 Å². The Hall–Kier alpha value is -2.35. The Bertz CT molecular complexity index is 916. The summed E-state index contributed by atoms with van der Waals surface area (Å²) in [6.45, 7) is 1.51. The highest BCUT2D eigenvalue weighted by Gasteiger charge is 2.29. The van der Waals surface area contributed by atoms with Gasteiger partial charge in [0.05, 0.1) is 11.5 Å². The molecule has 1 saturated heterocycles. The number of benzene rings is 1. The van der Waals surface area contributed by atoms with Crippen LogP contribution < -0.4 is 5.32 Å². The quantitative estimate of drug-likeness (QED) is 0.792. The maximum Gasteiger partial charge on any atom is 0.326 e. The van der Waals surface area contributed by atoms with E-state index in [9.17, 15) is 18.0 Å². The highest BCUT2D eigenvalue weighted by Crippen LogP contribution is 2.19. The molecule has 1 aromatic carbocycles. The molecule has 0 unspecified atom stereocenters. The van der Waals surface area contributed by atoms with Crippen LogP contribution in [-0.2, 0) is 30.7 Å². The molecule has 2 aromatic rings. The van der Waals surface area contributed by atoms with Gasteiger partial charge in [0.1, 0.15) is 6.54 Å². The molecule has 3 rings (SSSR count). The lowest BCUT2D eigenvalue weighted by atomic mass is 10.2. The monoisotopic (exact) mass is 364 g/mol. The van der Waals surface area contributed by atoms with Crippen LogP contribution in [0.1, 0.15) is 12.1 Å². The van der Waals surface area contributed by atoms with E-state index in [1.807, 2.05) is 41.8 Å². The first-order chi connectivity index (χ1) is 11.8. The molecule has 1 aliphatic heterocycles. The predicted molar refractivity (Wildman–Crippen MR) is 92.8 cm³/mol. The van der Waals surface area contributed by atoms with Crippen molar-refractivity contribution >= 4 is 32.6 Å². The van der Waals surface area contributed by atoms with E-state index in [2.05, 4.69) is 5.32 Å². The number of para-hydroxylation sites is 1. The summed E-state index contributed by atoms with van der Waals surface area (Å²) >= 11 is 0. The molecule has 1 aliphatic rings. The Morgan fingerprint density at radius 2 is 2.08 bits per heavy atom. The van der Waals surface area contributed by atoms with Gasteiger partial charge in [-0.2, -0.15) is 0 Å². The summed E-state index contributed by atoms with van der Waals surface area (Å²) in [5.74, 6) is -0.970. The Kier molecular flexibility index (Phi) is 4.80. The number of rotatable bonds is 5. The third-order valence-corrected chi connectivity index (χ3v) is 6.03. The first-order valence-corrected chi connectivity index (χ1v) is 9.86. The fraction of sp³-hybridized carbons (Fsp3) is 0.412. The van der Waals surface area contributed by atoms with Crippen molar-refractivity contribution in [3.8, 4) is 0 Å². The summed E-state index contributed by atoms with van der Waals surface area (Å²) in [5, 5.41) is 3.62. The van der Waals surface area contributed by atoms with Gasteiger partial charge in [0, 0.05) is 17.3 Å². The van der Waals surface area contributed by atoms with Crippen molar-refractivity contribution in [2.24, 2.45) is 0 Å². The van der Waals surface area contributed by atoms with Gasteiger partial charge in [0.15, 0.2) is 16.4 Å². The summed E-state index contributed by atoms with van der Waals surface area (Å²) in [6, 6.07) is 9.29. The Morgan fingerprint density at radius 3 is 2.80 bits per heavy atom. The van der Waals surface area contributed by atoms with Crippen molar-refractivity contribution < 1.29 is 22.7 Å². The molecule has 0 bridgehead atoms. The molecular formula is C17H20N2O5S. The average molecular weight is 364 g/mol. The molecule has 0 aliphatic carbocycles. The number of carbonyl (C=O) groups is 2. The van der Waals surface area contributed by atoms with Crippen LogP contribution in [0.4, 0.5) is 0 Å². The highest BCUT2D eigenvalue weighted by atomic mass is 32.2. The SMILES string of the molecule is Cc1cc2ccccc2n1CC(=O)OCC(=O)N[C@@H]1CCS(=O)(=O)C1. The van der Waals surface area contributed by atoms with E-state index in [0.717, 1.165) is 16.6 Å². The first-order valence-electron chi connectivity index (χ1n) is 8.04. The van der Waals surface area contributed by atoms with Gasteiger partial charge in [-0.05, 0) is 30.9 Å². The van der Waals surface area contributed by atoms with E-state index in [1.54, 1.807) is 0 Å². The van der Waals surface area contributed by atoms with Crippen molar-refractivity contribution in [3.63, 3.8) is 0 Å². The van der Waals surface area contributed by atoms with Gasteiger partial charge >= 0.3 is 5.97 Å². The number of amides is 1. The van der Waals surface area contributed by atoms with Crippen LogP contribution in [0.3, 0.4) is 0 Å². The van der Waals surface area contributed by atoms with Crippen LogP contribution in [0.15, 0.2) is 30.3 Å². The molecule has 0 spiro atoms. The van der Waals surface area contributed by atoms with E-state index in [1.165, 1.54) is 0 Å². The minimum Gasteiger partial charge on any atom is -0.454 e. The van der Waals surface area contributed by atoms with E-state index in [0.29, 0.717) is 6.42 Å². The van der Waals surface area contributed by atoms with Crippen LogP contribution in [0.5, 0.6) is 0 Å². The number of esters is 1. The van der Waals surface area contributed by atoms with Gasteiger partial charge in [0.25, 0.3) is 5.91 Å². The minimum atomic E-state index is -3.06. The Labute approximate surface area is 145 Å². The predicted octanol–water partition coefficient (Wildman–Crippen LogP) is 0.796. The summed E-state index contributed by atoms with van der Waals surface area (Å²) in [4.78, 5) is 23.8. The number of aromatic nitrogens is 1. The topological polar surface area (TPSA) is 94.5 Å². The van der Waals surface area contributed by atoms with Gasteiger partial charge < -0.3 is 14.6 Å².